The number of nitrogens with zero attached hydrogens (tertiary/aromatic N) is 4. The molecule has 1 aliphatic rings. The lowest BCUT2D eigenvalue weighted by Crippen LogP contribution is -2.59. The van der Waals surface area contributed by atoms with Crippen LogP contribution in [0.15, 0.2) is 18.3 Å². The molecule has 1 aliphatic heterocycles. The fourth-order valence-electron chi connectivity index (χ4n) is 4.50. The molecule has 1 aromatic heterocycles. The summed E-state index contributed by atoms with van der Waals surface area (Å²) in [7, 11) is 0. The van der Waals surface area contributed by atoms with Gasteiger partial charge in [0, 0.05) is 11.1 Å². The largest absolute Gasteiger partial charge is 0.372 e. The summed E-state index contributed by atoms with van der Waals surface area (Å²) in [6.45, 7) is 14.6. The van der Waals surface area contributed by atoms with Gasteiger partial charge >= 0.3 is 0 Å². The maximum absolute atomic E-state index is 12.5. The Labute approximate surface area is 162 Å². The number of rotatable bonds is 4. The Balaban J connectivity index is 1.71. The monoisotopic (exact) mass is 371 g/mol. The summed E-state index contributed by atoms with van der Waals surface area (Å²) < 4.78 is 7.97. The highest BCUT2D eigenvalue weighted by Gasteiger charge is 2.46. The molecule has 6 heteroatoms. The third-order valence-corrected chi connectivity index (χ3v) is 5.43. The predicted molar refractivity (Wildman–Crippen MR) is 104 cm³/mol. The Hall–Kier alpha value is -1.76. The van der Waals surface area contributed by atoms with Crippen molar-refractivity contribution in [2.24, 2.45) is 0 Å². The van der Waals surface area contributed by atoms with Crippen molar-refractivity contribution in [2.45, 2.75) is 85.1 Å². The lowest BCUT2D eigenvalue weighted by atomic mass is 9.80. The normalized spacial score (nSPS) is 20.1. The van der Waals surface area contributed by atoms with E-state index in [2.05, 4.69) is 43.2 Å². The summed E-state index contributed by atoms with van der Waals surface area (Å²) in [5, 5.41) is 22.3. The van der Waals surface area contributed by atoms with E-state index in [0.717, 1.165) is 11.4 Å². The number of hydrogen-bond donors (Lipinski definition) is 0. The minimum absolute atomic E-state index is 0.0354. The summed E-state index contributed by atoms with van der Waals surface area (Å²) in [6.07, 6.45) is 3.39. The van der Waals surface area contributed by atoms with Gasteiger partial charge in [-0.25, -0.2) is 4.68 Å². The zero-order chi connectivity index (χ0) is 20.0. The van der Waals surface area contributed by atoms with Gasteiger partial charge in [0.1, 0.15) is 5.69 Å². The van der Waals surface area contributed by atoms with Crippen LogP contribution in [0.4, 0.5) is 0 Å². The van der Waals surface area contributed by atoms with E-state index < -0.39 is 11.1 Å². The van der Waals surface area contributed by atoms with E-state index in [1.807, 2.05) is 38.6 Å². The van der Waals surface area contributed by atoms with Crippen LogP contribution in [-0.4, -0.2) is 37.2 Å². The number of aryl methyl sites for hydroxylation is 3. The van der Waals surface area contributed by atoms with Crippen molar-refractivity contribution in [1.29, 1.82) is 0 Å². The summed E-state index contributed by atoms with van der Waals surface area (Å²) in [5.41, 5.74) is 4.61. The minimum Gasteiger partial charge on any atom is -0.372 e. The summed E-state index contributed by atoms with van der Waals surface area (Å²) in [6, 6.07) is 4.31. The Morgan fingerprint density at radius 1 is 1.07 bits per heavy atom. The summed E-state index contributed by atoms with van der Waals surface area (Å²) in [5.74, 6) is 0. The molecule has 0 aliphatic carbocycles. The number of ether oxygens (including phenoxy) is 1. The first-order chi connectivity index (χ1) is 12.5. The topological polar surface area (TPSA) is 63.1 Å². The van der Waals surface area contributed by atoms with E-state index in [4.69, 9.17) is 4.74 Å². The Morgan fingerprint density at radius 2 is 1.63 bits per heavy atom. The average molecular weight is 372 g/mol. The average Bonchev–Trinajstić information content (AvgIpc) is 2.97. The molecule has 0 N–H and O–H groups in total. The van der Waals surface area contributed by atoms with Gasteiger partial charge in [0.2, 0.25) is 0 Å². The highest BCUT2D eigenvalue weighted by atomic mass is 16.5. The van der Waals surface area contributed by atoms with E-state index in [9.17, 15) is 5.21 Å². The Morgan fingerprint density at radius 3 is 2.19 bits per heavy atom. The van der Waals surface area contributed by atoms with Gasteiger partial charge in [-0.1, -0.05) is 22.9 Å². The van der Waals surface area contributed by atoms with Crippen LogP contribution in [0.5, 0.6) is 0 Å². The molecule has 1 radical (unpaired) electrons. The van der Waals surface area contributed by atoms with Crippen LogP contribution >= 0.6 is 0 Å². The SMILES string of the molecule is Cc1cc(C)c(-n2cc(COC3CC(C)(C)N([O])C(C)(C)C3)nn2)c(C)c1. The Bertz CT molecular complexity index is 784. The lowest BCUT2D eigenvalue weighted by molar-refractivity contribution is -0.301. The molecule has 27 heavy (non-hydrogen) atoms. The summed E-state index contributed by atoms with van der Waals surface area (Å²) in [4.78, 5) is 0. The molecule has 2 aromatic rings. The van der Waals surface area contributed by atoms with Crippen molar-refractivity contribution in [2.75, 3.05) is 0 Å². The van der Waals surface area contributed by atoms with Crippen LogP contribution in [-0.2, 0) is 16.6 Å². The van der Waals surface area contributed by atoms with Crippen LogP contribution in [0.1, 0.15) is 62.9 Å². The highest BCUT2D eigenvalue weighted by molar-refractivity contribution is 5.48. The quantitative estimate of drug-likeness (QED) is 0.812. The van der Waals surface area contributed by atoms with Gasteiger partial charge < -0.3 is 4.74 Å². The van der Waals surface area contributed by atoms with Crippen molar-refractivity contribution >= 4 is 0 Å². The predicted octanol–water partition coefficient (Wildman–Crippen LogP) is 4.08. The third-order valence-electron chi connectivity index (χ3n) is 5.43. The summed E-state index contributed by atoms with van der Waals surface area (Å²) >= 11 is 0. The van der Waals surface area contributed by atoms with Crippen LogP contribution in [0.25, 0.3) is 5.69 Å². The van der Waals surface area contributed by atoms with Crippen molar-refractivity contribution in [1.82, 2.24) is 20.1 Å². The first-order valence-electron chi connectivity index (χ1n) is 9.58. The maximum Gasteiger partial charge on any atom is 0.109 e. The van der Waals surface area contributed by atoms with E-state index in [0.29, 0.717) is 19.4 Å². The number of benzene rings is 1. The molecule has 6 nitrogen and oxygen atoms in total. The maximum atomic E-state index is 12.5. The van der Waals surface area contributed by atoms with Gasteiger partial charge in [0.05, 0.1) is 24.6 Å². The third kappa shape index (κ3) is 4.08. The standard InChI is InChI=1S/C21H31N4O2/c1-14-8-15(2)19(16(3)9-14)24-12-17(22-23-24)13-27-18-10-20(4,5)25(26)21(6,7)11-18/h8-9,12,18H,10-11,13H2,1-7H3. The number of aromatic nitrogens is 3. The molecular weight excluding hydrogens is 340 g/mol. The van der Waals surface area contributed by atoms with E-state index in [1.54, 1.807) is 0 Å². The van der Waals surface area contributed by atoms with Crippen LogP contribution in [0, 0.1) is 20.8 Å². The zero-order valence-electron chi connectivity index (χ0n) is 17.5. The zero-order valence-corrected chi connectivity index (χ0v) is 17.5. The molecule has 0 bridgehead atoms. The number of hydrogen-bond acceptors (Lipinski definition) is 4. The molecule has 1 fully saturated rings. The smallest absolute Gasteiger partial charge is 0.109 e. The molecule has 0 spiro atoms. The van der Waals surface area contributed by atoms with Gasteiger partial charge in [-0.3, -0.25) is 0 Å². The van der Waals surface area contributed by atoms with Crippen molar-refractivity contribution in [3.05, 3.63) is 40.7 Å². The first-order valence-corrected chi connectivity index (χ1v) is 9.58. The van der Waals surface area contributed by atoms with Crippen LogP contribution < -0.4 is 0 Å². The van der Waals surface area contributed by atoms with E-state index >= 15 is 0 Å². The molecule has 1 aromatic carbocycles. The molecule has 0 atom stereocenters. The second-order valence-electron chi connectivity index (χ2n) is 9.16. The second-order valence-corrected chi connectivity index (χ2v) is 9.16. The second kappa shape index (κ2) is 7.00. The minimum atomic E-state index is -0.430. The van der Waals surface area contributed by atoms with Gasteiger partial charge in [0.25, 0.3) is 0 Å². The van der Waals surface area contributed by atoms with E-state index in [1.165, 1.54) is 21.8 Å². The molecule has 3 rings (SSSR count). The Kier molecular flexibility index (Phi) is 5.18. The number of hydroxylamine groups is 2. The van der Waals surface area contributed by atoms with Gasteiger partial charge in [-0.2, -0.15) is 0 Å². The molecule has 0 saturated carbocycles. The molecule has 147 valence electrons. The first kappa shape index (κ1) is 20.0. The van der Waals surface area contributed by atoms with Crippen molar-refractivity contribution in [3.63, 3.8) is 0 Å². The molecule has 0 amide bonds. The molecule has 0 unspecified atom stereocenters. The fraction of sp³-hybridized carbons (Fsp3) is 0.619. The van der Waals surface area contributed by atoms with Gasteiger partial charge in [-0.05, 0) is 72.4 Å². The van der Waals surface area contributed by atoms with Crippen LogP contribution in [0.3, 0.4) is 0 Å². The molecule has 1 saturated heterocycles. The van der Waals surface area contributed by atoms with Crippen molar-refractivity contribution < 1.29 is 9.94 Å². The molecular formula is C21H31N4O2. The van der Waals surface area contributed by atoms with Gasteiger partial charge in [-0.15, -0.1) is 15.4 Å². The lowest BCUT2D eigenvalue weighted by Gasteiger charge is -2.49. The highest BCUT2D eigenvalue weighted by Crippen LogP contribution is 2.38. The van der Waals surface area contributed by atoms with Crippen LogP contribution in [0.2, 0.25) is 0 Å². The van der Waals surface area contributed by atoms with E-state index in [-0.39, 0.29) is 6.10 Å². The number of piperidine rings is 1. The van der Waals surface area contributed by atoms with Crippen molar-refractivity contribution in [3.8, 4) is 5.69 Å². The fourth-order valence-corrected chi connectivity index (χ4v) is 4.50. The molecule has 2 heterocycles. The van der Waals surface area contributed by atoms with Gasteiger partial charge in [0.15, 0.2) is 0 Å².